The van der Waals surface area contributed by atoms with E-state index in [-0.39, 0.29) is 23.4 Å². The predicted molar refractivity (Wildman–Crippen MR) is 110 cm³/mol. The lowest BCUT2D eigenvalue weighted by molar-refractivity contribution is -0.146. The highest BCUT2D eigenvalue weighted by Crippen LogP contribution is 2.29. The van der Waals surface area contributed by atoms with Crippen molar-refractivity contribution < 1.29 is 22.8 Å². The number of alkyl halides is 3. The van der Waals surface area contributed by atoms with Crippen molar-refractivity contribution in [1.29, 1.82) is 0 Å². The van der Waals surface area contributed by atoms with E-state index in [2.05, 4.69) is 25.9 Å². The van der Waals surface area contributed by atoms with Crippen molar-refractivity contribution in [2.24, 2.45) is 5.92 Å². The number of halogens is 3. The largest absolute Gasteiger partial charge is 0.453 e. The SMILES string of the molecule is CC(=O)Nc1ccc(NC(=O)C2CCN(c3ccc4nnc(C(F)(F)F)n4n3)CC2)cc1. The fraction of sp³-hybridized carbons (Fsp3) is 0.350. The second-order valence-electron chi connectivity index (χ2n) is 7.49. The van der Waals surface area contributed by atoms with Crippen molar-refractivity contribution in [3.05, 3.63) is 42.2 Å². The Bertz CT molecular complexity index is 1140. The minimum absolute atomic E-state index is 0.0138. The summed E-state index contributed by atoms with van der Waals surface area (Å²) in [6.07, 6.45) is -3.59. The van der Waals surface area contributed by atoms with Gasteiger partial charge in [-0.3, -0.25) is 9.59 Å². The molecular weight excluding hydrogens is 427 g/mol. The highest BCUT2D eigenvalue weighted by atomic mass is 19.4. The minimum Gasteiger partial charge on any atom is -0.355 e. The van der Waals surface area contributed by atoms with Crippen LogP contribution in [0.4, 0.5) is 30.4 Å². The van der Waals surface area contributed by atoms with Crippen LogP contribution < -0.4 is 15.5 Å². The van der Waals surface area contributed by atoms with Gasteiger partial charge in [0.05, 0.1) is 0 Å². The average molecular weight is 447 g/mol. The minimum atomic E-state index is -4.66. The summed E-state index contributed by atoms with van der Waals surface area (Å²) in [5.74, 6) is -1.34. The van der Waals surface area contributed by atoms with Gasteiger partial charge in [0.15, 0.2) is 5.65 Å². The van der Waals surface area contributed by atoms with Gasteiger partial charge in [0.25, 0.3) is 5.82 Å². The summed E-state index contributed by atoms with van der Waals surface area (Å²) in [5, 5.41) is 16.3. The molecule has 1 saturated heterocycles. The van der Waals surface area contributed by atoms with Crippen LogP contribution >= 0.6 is 0 Å². The summed E-state index contributed by atoms with van der Waals surface area (Å²) >= 11 is 0. The number of fused-ring (bicyclic) bond motifs is 1. The smallest absolute Gasteiger partial charge is 0.355 e. The number of rotatable bonds is 4. The quantitative estimate of drug-likeness (QED) is 0.637. The summed E-state index contributed by atoms with van der Waals surface area (Å²) < 4.78 is 39.9. The molecule has 0 spiro atoms. The van der Waals surface area contributed by atoms with Crippen molar-refractivity contribution in [2.45, 2.75) is 25.9 Å². The molecule has 0 bridgehead atoms. The molecule has 2 aromatic heterocycles. The summed E-state index contributed by atoms with van der Waals surface area (Å²) in [6, 6.07) is 9.84. The van der Waals surface area contributed by atoms with Gasteiger partial charge >= 0.3 is 6.18 Å². The number of amides is 2. The van der Waals surface area contributed by atoms with Crippen LogP contribution in [-0.2, 0) is 15.8 Å². The molecule has 2 amide bonds. The maximum absolute atomic E-state index is 13.1. The maximum Gasteiger partial charge on any atom is 0.453 e. The Labute approximate surface area is 180 Å². The first-order valence-corrected chi connectivity index (χ1v) is 9.94. The number of anilines is 3. The second kappa shape index (κ2) is 8.44. The summed E-state index contributed by atoms with van der Waals surface area (Å²) in [4.78, 5) is 25.5. The molecule has 12 heteroatoms. The molecule has 1 fully saturated rings. The summed E-state index contributed by atoms with van der Waals surface area (Å²) in [5.41, 5.74) is 1.26. The van der Waals surface area contributed by atoms with Gasteiger partial charge in [0.2, 0.25) is 11.8 Å². The lowest BCUT2D eigenvalue weighted by Gasteiger charge is -2.32. The van der Waals surface area contributed by atoms with E-state index in [0.29, 0.717) is 47.6 Å². The zero-order chi connectivity index (χ0) is 22.9. The maximum atomic E-state index is 13.1. The molecular formula is C20H20F3N7O2. The first kappa shape index (κ1) is 21.5. The van der Waals surface area contributed by atoms with Crippen molar-refractivity contribution >= 4 is 34.7 Å². The van der Waals surface area contributed by atoms with Crippen LogP contribution in [0, 0.1) is 5.92 Å². The zero-order valence-corrected chi connectivity index (χ0v) is 17.1. The van der Waals surface area contributed by atoms with E-state index in [4.69, 9.17) is 0 Å². The summed E-state index contributed by atoms with van der Waals surface area (Å²) in [6.45, 7) is 2.36. The number of benzene rings is 1. The Morgan fingerprint density at radius 3 is 2.19 bits per heavy atom. The molecule has 3 aromatic rings. The molecule has 4 rings (SSSR count). The van der Waals surface area contributed by atoms with Gasteiger partial charge in [-0.15, -0.1) is 15.3 Å². The normalized spacial score (nSPS) is 15.1. The molecule has 168 valence electrons. The predicted octanol–water partition coefficient (Wildman–Crippen LogP) is 2.96. The number of hydrogen-bond donors (Lipinski definition) is 2. The Morgan fingerprint density at radius 2 is 1.59 bits per heavy atom. The topological polar surface area (TPSA) is 105 Å². The molecule has 1 aromatic carbocycles. The first-order valence-electron chi connectivity index (χ1n) is 9.94. The molecule has 3 heterocycles. The molecule has 1 aliphatic heterocycles. The molecule has 0 saturated carbocycles. The number of carbonyl (C=O) groups excluding carboxylic acids is 2. The van der Waals surface area contributed by atoms with Crippen molar-refractivity contribution in [1.82, 2.24) is 19.8 Å². The summed E-state index contributed by atoms with van der Waals surface area (Å²) in [7, 11) is 0. The monoisotopic (exact) mass is 447 g/mol. The Balaban J connectivity index is 1.37. The van der Waals surface area contributed by atoms with Crippen molar-refractivity contribution in [3.63, 3.8) is 0 Å². The highest BCUT2D eigenvalue weighted by Gasteiger charge is 2.38. The van der Waals surface area contributed by atoms with E-state index in [9.17, 15) is 22.8 Å². The van der Waals surface area contributed by atoms with E-state index >= 15 is 0 Å². The second-order valence-corrected chi connectivity index (χ2v) is 7.49. The van der Waals surface area contributed by atoms with E-state index in [0.717, 1.165) is 0 Å². The Morgan fingerprint density at radius 1 is 0.969 bits per heavy atom. The van der Waals surface area contributed by atoms with Gasteiger partial charge < -0.3 is 15.5 Å². The van der Waals surface area contributed by atoms with Crippen LogP contribution in [0.3, 0.4) is 0 Å². The van der Waals surface area contributed by atoms with Crippen molar-refractivity contribution in [3.8, 4) is 0 Å². The third-order valence-electron chi connectivity index (χ3n) is 5.16. The average Bonchev–Trinajstić information content (AvgIpc) is 3.19. The van der Waals surface area contributed by atoms with Crippen LogP contribution in [-0.4, -0.2) is 44.7 Å². The lowest BCUT2D eigenvalue weighted by Crippen LogP contribution is -2.38. The van der Waals surface area contributed by atoms with E-state index < -0.39 is 12.0 Å². The van der Waals surface area contributed by atoms with E-state index in [1.165, 1.54) is 13.0 Å². The molecule has 0 radical (unpaired) electrons. The van der Waals surface area contributed by atoms with Crippen molar-refractivity contribution in [2.75, 3.05) is 28.6 Å². The first-order chi connectivity index (χ1) is 15.2. The molecule has 0 unspecified atom stereocenters. The van der Waals surface area contributed by atoms with Gasteiger partial charge in [-0.2, -0.15) is 17.7 Å². The number of aromatic nitrogens is 4. The third kappa shape index (κ3) is 4.63. The third-order valence-corrected chi connectivity index (χ3v) is 5.16. The lowest BCUT2D eigenvalue weighted by atomic mass is 9.96. The number of hydrogen-bond acceptors (Lipinski definition) is 6. The van der Waals surface area contributed by atoms with Crippen LogP contribution in [0.15, 0.2) is 36.4 Å². The van der Waals surface area contributed by atoms with Gasteiger partial charge in [0.1, 0.15) is 5.82 Å². The van der Waals surface area contributed by atoms with Gasteiger partial charge in [-0.25, -0.2) is 0 Å². The van der Waals surface area contributed by atoms with Crippen LogP contribution in [0.25, 0.3) is 5.65 Å². The van der Waals surface area contributed by atoms with Crippen LogP contribution in [0.5, 0.6) is 0 Å². The Hall–Kier alpha value is -3.70. The van der Waals surface area contributed by atoms with Crippen LogP contribution in [0.2, 0.25) is 0 Å². The van der Waals surface area contributed by atoms with E-state index in [1.54, 1.807) is 30.3 Å². The molecule has 0 atom stereocenters. The zero-order valence-electron chi connectivity index (χ0n) is 17.1. The number of carbonyl (C=O) groups is 2. The van der Waals surface area contributed by atoms with Gasteiger partial charge in [-0.1, -0.05) is 0 Å². The molecule has 32 heavy (non-hydrogen) atoms. The van der Waals surface area contributed by atoms with E-state index in [1.807, 2.05) is 4.90 Å². The van der Waals surface area contributed by atoms with Gasteiger partial charge in [0, 0.05) is 37.3 Å². The number of nitrogens with one attached hydrogen (secondary N) is 2. The standard InChI is InChI=1S/C20H20F3N7O2/c1-12(31)24-14-2-4-15(5-3-14)25-18(32)13-8-10-29(11-9-13)17-7-6-16-26-27-19(20(21,22)23)30(16)28-17/h2-7,13H,8-11H2,1H3,(H,24,31)(H,25,32). The molecule has 9 nitrogen and oxygen atoms in total. The van der Waals surface area contributed by atoms with Crippen LogP contribution in [0.1, 0.15) is 25.6 Å². The molecule has 0 aliphatic carbocycles. The number of piperidine rings is 1. The van der Waals surface area contributed by atoms with Gasteiger partial charge in [-0.05, 0) is 49.2 Å². The highest BCUT2D eigenvalue weighted by molar-refractivity contribution is 5.93. The fourth-order valence-electron chi connectivity index (χ4n) is 3.58. The number of nitrogens with zero attached hydrogens (tertiary/aromatic N) is 5. The molecule has 2 N–H and O–H groups in total. The Kier molecular flexibility index (Phi) is 5.68. The molecule has 1 aliphatic rings. The fourth-order valence-corrected chi connectivity index (χ4v) is 3.58.